The summed E-state index contributed by atoms with van der Waals surface area (Å²) < 4.78 is 27.8. The average Bonchev–Trinajstić information content (AvgIpc) is 2.34. The lowest BCUT2D eigenvalue weighted by molar-refractivity contribution is 0.537. The predicted octanol–water partition coefficient (Wildman–Crippen LogP) is 3.36. The number of benzene rings is 1. The van der Waals surface area contributed by atoms with Crippen LogP contribution in [0.1, 0.15) is 17.3 Å². The van der Waals surface area contributed by atoms with Gasteiger partial charge in [0, 0.05) is 16.2 Å². The maximum absolute atomic E-state index is 13.5. The molecule has 0 saturated carbocycles. The van der Waals surface area contributed by atoms with Crippen molar-refractivity contribution in [1.82, 2.24) is 4.98 Å². The Morgan fingerprint density at radius 2 is 1.83 bits per heavy atom. The summed E-state index contributed by atoms with van der Waals surface area (Å²) in [6.07, 6.45) is 1.68. The Kier molecular flexibility index (Phi) is 4.04. The molecule has 2 N–H and O–H groups in total. The third-order valence-electron chi connectivity index (χ3n) is 2.62. The molecular weight excluding hydrogens is 302 g/mol. The second-order valence-electron chi connectivity index (χ2n) is 3.91. The lowest BCUT2D eigenvalue weighted by Crippen LogP contribution is -2.16. The van der Waals surface area contributed by atoms with Crippen molar-refractivity contribution < 1.29 is 8.78 Å². The van der Waals surface area contributed by atoms with E-state index in [-0.39, 0.29) is 12.0 Å². The molecule has 2 nitrogen and oxygen atoms in total. The second-order valence-corrected chi connectivity index (χ2v) is 4.83. The van der Waals surface area contributed by atoms with Crippen LogP contribution in [0, 0.1) is 11.6 Å². The van der Waals surface area contributed by atoms with Gasteiger partial charge in [0.05, 0.1) is 11.7 Å². The van der Waals surface area contributed by atoms with E-state index in [0.29, 0.717) is 5.69 Å². The quantitative estimate of drug-likeness (QED) is 0.943. The number of nitrogens with two attached hydrogens (primary N) is 1. The molecule has 0 radical (unpaired) electrons. The summed E-state index contributed by atoms with van der Waals surface area (Å²) in [5.41, 5.74) is 6.50. The van der Waals surface area contributed by atoms with Crippen LogP contribution < -0.4 is 5.73 Å². The molecule has 0 bridgehead atoms. The van der Waals surface area contributed by atoms with Crippen molar-refractivity contribution >= 4 is 15.9 Å². The first kappa shape index (κ1) is 13.1. The third kappa shape index (κ3) is 2.91. The fourth-order valence-corrected chi connectivity index (χ4v) is 1.89. The van der Waals surface area contributed by atoms with Crippen LogP contribution in [0.15, 0.2) is 41.0 Å². The zero-order chi connectivity index (χ0) is 13.1. The highest BCUT2D eigenvalue weighted by molar-refractivity contribution is 9.10. The van der Waals surface area contributed by atoms with Crippen LogP contribution in [0.25, 0.3) is 0 Å². The Hall–Kier alpha value is -1.33. The van der Waals surface area contributed by atoms with Gasteiger partial charge in [0.25, 0.3) is 0 Å². The van der Waals surface area contributed by atoms with Crippen molar-refractivity contribution in [3.63, 3.8) is 0 Å². The van der Waals surface area contributed by atoms with Crippen molar-refractivity contribution in [3.8, 4) is 0 Å². The molecular formula is C13H11BrF2N2. The number of nitrogens with zero attached hydrogens (tertiary/aromatic N) is 1. The Bertz CT molecular complexity index is 523. The van der Waals surface area contributed by atoms with Crippen molar-refractivity contribution in [2.75, 3.05) is 0 Å². The summed E-state index contributed by atoms with van der Waals surface area (Å²) >= 11 is 3.26. The number of pyridine rings is 1. The zero-order valence-electron chi connectivity index (χ0n) is 9.41. The van der Waals surface area contributed by atoms with Gasteiger partial charge < -0.3 is 5.73 Å². The van der Waals surface area contributed by atoms with Crippen molar-refractivity contribution in [1.29, 1.82) is 0 Å². The monoisotopic (exact) mass is 312 g/mol. The van der Waals surface area contributed by atoms with E-state index in [1.807, 2.05) is 0 Å². The molecule has 1 aromatic carbocycles. The first-order chi connectivity index (χ1) is 8.58. The molecule has 1 unspecified atom stereocenters. The number of hydrogen-bond donors (Lipinski definition) is 1. The van der Waals surface area contributed by atoms with E-state index in [1.54, 1.807) is 18.3 Å². The molecule has 0 fully saturated rings. The fourth-order valence-electron chi connectivity index (χ4n) is 1.66. The van der Waals surface area contributed by atoms with Gasteiger partial charge in [-0.1, -0.05) is 6.07 Å². The Morgan fingerprint density at radius 3 is 2.39 bits per heavy atom. The molecule has 0 saturated heterocycles. The van der Waals surface area contributed by atoms with Gasteiger partial charge in [-0.2, -0.15) is 0 Å². The maximum atomic E-state index is 13.5. The van der Waals surface area contributed by atoms with Gasteiger partial charge in [-0.25, -0.2) is 8.78 Å². The van der Waals surface area contributed by atoms with Crippen LogP contribution in [0.5, 0.6) is 0 Å². The summed E-state index contributed by atoms with van der Waals surface area (Å²) in [5.74, 6) is -1.16. The minimum absolute atomic E-state index is 0.00489. The summed E-state index contributed by atoms with van der Waals surface area (Å²) in [7, 11) is 0. The average molecular weight is 313 g/mol. The SMILES string of the molecule is NC(Cc1c(F)cccc1F)c1ccc(Br)cn1. The molecule has 2 aromatic rings. The minimum Gasteiger partial charge on any atom is -0.322 e. The normalized spacial score (nSPS) is 12.4. The Morgan fingerprint density at radius 1 is 1.17 bits per heavy atom. The van der Waals surface area contributed by atoms with Gasteiger partial charge in [0.15, 0.2) is 0 Å². The van der Waals surface area contributed by atoms with Crippen LogP contribution in [0.4, 0.5) is 8.78 Å². The third-order valence-corrected chi connectivity index (χ3v) is 3.08. The fraction of sp³-hybridized carbons (Fsp3) is 0.154. The van der Waals surface area contributed by atoms with Crippen LogP contribution in [0.2, 0.25) is 0 Å². The van der Waals surface area contributed by atoms with Crippen LogP contribution in [-0.2, 0) is 6.42 Å². The maximum Gasteiger partial charge on any atom is 0.129 e. The number of aromatic nitrogens is 1. The molecule has 5 heteroatoms. The lowest BCUT2D eigenvalue weighted by atomic mass is 10.0. The molecule has 18 heavy (non-hydrogen) atoms. The molecule has 0 aliphatic carbocycles. The summed E-state index contributed by atoms with van der Waals surface area (Å²) in [6, 6.07) is 6.76. The highest BCUT2D eigenvalue weighted by Gasteiger charge is 2.15. The predicted molar refractivity (Wildman–Crippen MR) is 68.9 cm³/mol. The largest absolute Gasteiger partial charge is 0.322 e. The van der Waals surface area contributed by atoms with Crippen molar-refractivity contribution in [2.45, 2.75) is 12.5 Å². The van der Waals surface area contributed by atoms with E-state index in [2.05, 4.69) is 20.9 Å². The molecule has 1 aromatic heterocycles. The van der Waals surface area contributed by atoms with Crippen molar-refractivity contribution in [2.24, 2.45) is 5.73 Å². The van der Waals surface area contributed by atoms with Gasteiger partial charge in [0.1, 0.15) is 11.6 Å². The summed E-state index contributed by atoms with van der Waals surface area (Å²) in [6.45, 7) is 0. The van der Waals surface area contributed by atoms with E-state index >= 15 is 0 Å². The lowest BCUT2D eigenvalue weighted by Gasteiger charge is -2.12. The van der Waals surface area contributed by atoms with Crippen LogP contribution >= 0.6 is 15.9 Å². The minimum atomic E-state index is -0.581. The molecule has 0 aliphatic heterocycles. The van der Waals surface area contributed by atoms with E-state index < -0.39 is 17.7 Å². The number of halogens is 3. The molecule has 0 spiro atoms. The zero-order valence-corrected chi connectivity index (χ0v) is 11.0. The molecule has 0 amide bonds. The van der Waals surface area contributed by atoms with Gasteiger partial charge >= 0.3 is 0 Å². The smallest absolute Gasteiger partial charge is 0.129 e. The first-order valence-electron chi connectivity index (χ1n) is 5.38. The van der Waals surface area contributed by atoms with E-state index in [4.69, 9.17) is 5.73 Å². The van der Waals surface area contributed by atoms with Gasteiger partial charge in [-0.3, -0.25) is 4.98 Å². The topological polar surface area (TPSA) is 38.9 Å². The van der Waals surface area contributed by atoms with Crippen LogP contribution in [0.3, 0.4) is 0 Å². The van der Waals surface area contributed by atoms with Crippen LogP contribution in [-0.4, -0.2) is 4.98 Å². The highest BCUT2D eigenvalue weighted by Crippen LogP contribution is 2.20. The molecule has 1 heterocycles. The molecule has 94 valence electrons. The molecule has 2 rings (SSSR count). The van der Waals surface area contributed by atoms with Gasteiger partial charge in [-0.05, 0) is 46.6 Å². The standard InChI is InChI=1S/C13H11BrF2N2/c14-8-4-5-13(18-7-8)12(17)6-9-10(15)2-1-3-11(9)16/h1-5,7,12H,6,17H2. The second kappa shape index (κ2) is 5.54. The van der Waals surface area contributed by atoms with E-state index in [0.717, 1.165) is 4.47 Å². The van der Waals surface area contributed by atoms with E-state index in [9.17, 15) is 8.78 Å². The number of hydrogen-bond acceptors (Lipinski definition) is 2. The van der Waals surface area contributed by atoms with Crippen molar-refractivity contribution in [3.05, 3.63) is 63.9 Å². The summed E-state index contributed by atoms with van der Waals surface area (Å²) in [5, 5.41) is 0. The van der Waals surface area contributed by atoms with Gasteiger partial charge in [-0.15, -0.1) is 0 Å². The molecule has 1 atom stereocenters. The van der Waals surface area contributed by atoms with Gasteiger partial charge in [0.2, 0.25) is 0 Å². The highest BCUT2D eigenvalue weighted by atomic mass is 79.9. The molecule has 0 aliphatic rings. The number of rotatable bonds is 3. The summed E-state index contributed by atoms with van der Waals surface area (Å²) in [4.78, 5) is 4.12. The Balaban J connectivity index is 2.21. The van der Waals surface area contributed by atoms with E-state index in [1.165, 1.54) is 18.2 Å². The first-order valence-corrected chi connectivity index (χ1v) is 6.17. The Labute approximate surface area is 112 Å².